The van der Waals surface area contributed by atoms with E-state index in [0.29, 0.717) is 5.25 Å². The molecule has 19 heavy (non-hydrogen) atoms. The Balaban J connectivity index is 1.66. The Labute approximate surface area is 119 Å². The highest BCUT2D eigenvalue weighted by Crippen LogP contribution is 2.37. The Bertz CT molecular complexity index is 536. The van der Waals surface area contributed by atoms with Crippen LogP contribution < -0.4 is 5.73 Å². The van der Waals surface area contributed by atoms with E-state index < -0.39 is 0 Å². The normalized spacial score (nSPS) is 19.4. The SMILES string of the molecule is CCC(N)c1ccn(CC2Cc3ccccc3S2)c1. The van der Waals surface area contributed by atoms with Gasteiger partial charge in [0.15, 0.2) is 0 Å². The lowest BCUT2D eigenvalue weighted by molar-refractivity contribution is 0.654. The summed E-state index contributed by atoms with van der Waals surface area (Å²) in [4.78, 5) is 1.45. The zero-order chi connectivity index (χ0) is 13.2. The van der Waals surface area contributed by atoms with Crippen LogP contribution in [0.4, 0.5) is 0 Å². The molecule has 1 aliphatic heterocycles. The molecule has 2 unspecified atom stereocenters. The van der Waals surface area contributed by atoms with Gasteiger partial charge in [0.25, 0.3) is 0 Å². The topological polar surface area (TPSA) is 30.9 Å². The standard InChI is InChI=1S/C16H20N2S/c1-2-15(17)13-7-8-18(10-13)11-14-9-12-5-3-4-6-16(12)19-14/h3-8,10,14-15H,2,9,11,17H2,1H3. The number of rotatable bonds is 4. The summed E-state index contributed by atoms with van der Waals surface area (Å²) < 4.78 is 2.29. The Morgan fingerprint density at radius 1 is 1.37 bits per heavy atom. The van der Waals surface area contributed by atoms with Gasteiger partial charge in [-0.1, -0.05) is 25.1 Å². The molecular weight excluding hydrogens is 252 g/mol. The third-order valence-electron chi connectivity index (χ3n) is 3.77. The summed E-state index contributed by atoms with van der Waals surface area (Å²) in [6, 6.07) is 11.1. The molecule has 2 atom stereocenters. The fourth-order valence-corrected chi connectivity index (χ4v) is 3.95. The van der Waals surface area contributed by atoms with E-state index in [1.807, 2.05) is 11.8 Å². The zero-order valence-electron chi connectivity index (χ0n) is 11.3. The van der Waals surface area contributed by atoms with E-state index in [1.54, 1.807) is 0 Å². The van der Waals surface area contributed by atoms with E-state index >= 15 is 0 Å². The molecule has 0 radical (unpaired) electrons. The van der Waals surface area contributed by atoms with Gasteiger partial charge in [-0.2, -0.15) is 0 Å². The number of fused-ring (bicyclic) bond motifs is 1. The lowest BCUT2D eigenvalue weighted by atomic mass is 10.1. The fraction of sp³-hybridized carbons (Fsp3) is 0.375. The van der Waals surface area contributed by atoms with Gasteiger partial charge in [-0.25, -0.2) is 0 Å². The van der Waals surface area contributed by atoms with Gasteiger partial charge in [-0.3, -0.25) is 0 Å². The van der Waals surface area contributed by atoms with Gasteiger partial charge in [0.2, 0.25) is 0 Å². The number of nitrogens with two attached hydrogens (primary N) is 1. The van der Waals surface area contributed by atoms with Gasteiger partial charge < -0.3 is 10.3 Å². The maximum atomic E-state index is 6.07. The summed E-state index contributed by atoms with van der Waals surface area (Å²) in [5.74, 6) is 0. The Morgan fingerprint density at radius 2 is 2.21 bits per heavy atom. The summed E-state index contributed by atoms with van der Waals surface area (Å²) in [5, 5.41) is 0.649. The number of hydrogen-bond donors (Lipinski definition) is 1. The molecule has 0 fully saturated rings. The molecule has 3 heteroatoms. The van der Waals surface area contributed by atoms with Crippen LogP contribution in [0, 0.1) is 0 Å². The minimum atomic E-state index is 0.176. The highest BCUT2D eigenvalue weighted by Gasteiger charge is 2.22. The summed E-state index contributed by atoms with van der Waals surface area (Å²) in [6.45, 7) is 3.20. The van der Waals surface area contributed by atoms with Crippen molar-refractivity contribution in [1.82, 2.24) is 4.57 Å². The van der Waals surface area contributed by atoms with Crippen LogP contribution in [0.15, 0.2) is 47.6 Å². The first-order chi connectivity index (χ1) is 9.26. The second-order valence-electron chi connectivity index (χ2n) is 5.21. The number of aromatic nitrogens is 1. The number of hydrogen-bond acceptors (Lipinski definition) is 2. The van der Waals surface area contributed by atoms with Gasteiger partial charge in [0, 0.05) is 35.1 Å². The molecule has 2 aromatic rings. The van der Waals surface area contributed by atoms with Crippen molar-refractivity contribution in [2.75, 3.05) is 0 Å². The second kappa shape index (κ2) is 5.43. The van der Waals surface area contributed by atoms with Crippen molar-refractivity contribution in [3.05, 3.63) is 53.9 Å². The van der Waals surface area contributed by atoms with Crippen LogP contribution in [0.1, 0.15) is 30.5 Å². The molecule has 0 bridgehead atoms. The van der Waals surface area contributed by atoms with Crippen molar-refractivity contribution in [3.63, 3.8) is 0 Å². The maximum Gasteiger partial charge on any atom is 0.0345 e. The molecule has 3 rings (SSSR count). The van der Waals surface area contributed by atoms with Crippen molar-refractivity contribution in [1.29, 1.82) is 0 Å². The van der Waals surface area contributed by atoms with Crippen molar-refractivity contribution < 1.29 is 0 Å². The molecule has 0 spiro atoms. The highest BCUT2D eigenvalue weighted by molar-refractivity contribution is 8.00. The molecule has 1 aliphatic rings. The van der Waals surface area contributed by atoms with E-state index in [9.17, 15) is 0 Å². The molecule has 2 N–H and O–H groups in total. The quantitative estimate of drug-likeness (QED) is 0.921. The molecule has 100 valence electrons. The molecule has 1 aromatic carbocycles. The van der Waals surface area contributed by atoms with Gasteiger partial charge in [0.1, 0.15) is 0 Å². The molecule has 1 aromatic heterocycles. The first-order valence-electron chi connectivity index (χ1n) is 6.92. The van der Waals surface area contributed by atoms with Crippen LogP contribution in [0.25, 0.3) is 0 Å². The average molecular weight is 272 g/mol. The van der Waals surface area contributed by atoms with Gasteiger partial charge in [-0.15, -0.1) is 11.8 Å². The third-order valence-corrected chi connectivity index (χ3v) is 5.07. The van der Waals surface area contributed by atoms with Crippen molar-refractivity contribution in [3.8, 4) is 0 Å². The minimum Gasteiger partial charge on any atom is -0.353 e. The first-order valence-corrected chi connectivity index (χ1v) is 7.80. The third kappa shape index (κ3) is 2.72. The summed E-state index contributed by atoms with van der Waals surface area (Å²) >= 11 is 2.00. The molecule has 0 amide bonds. The van der Waals surface area contributed by atoms with E-state index in [0.717, 1.165) is 13.0 Å². The first kappa shape index (κ1) is 12.8. The van der Waals surface area contributed by atoms with Gasteiger partial charge >= 0.3 is 0 Å². The summed E-state index contributed by atoms with van der Waals surface area (Å²) in [7, 11) is 0. The lowest BCUT2D eigenvalue weighted by Crippen LogP contribution is -2.11. The largest absolute Gasteiger partial charge is 0.353 e. The highest BCUT2D eigenvalue weighted by atomic mass is 32.2. The fourth-order valence-electron chi connectivity index (χ4n) is 2.62. The Morgan fingerprint density at radius 3 is 3.00 bits per heavy atom. The van der Waals surface area contributed by atoms with Crippen molar-refractivity contribution >= 4 is 11.8 Å². The van der Waals surface area contributed by atoms with Crippen LogP contribution in [-0.4, -0.2) is 9.82 Å². The summed E-state index contributed by atoms with van der Waals surface area (Å²) in [5.41, 5.74) is 8.81. The minimum absolute atomic E-state index is 0.176. The van der Waals surface area contributed by atoms with Gasteiger partial charge in [0.05, 0.1) is 0 Å². The lowest BCUT2D eigenvalue weighted by Gasteiger charge is -2.10. The van der Waals surface area contributed by atoms with Crippen LogP contribution >= 0.6 is 11.8 Å². The predicted molar refractivity (Wildman–Crippen MR) is 81.4 cm³/mol. The molecule has 2 heterocycles. The van der Waals surface area contributed by atoms with E-state index in [4.69, 9.17) is 5.73 Å². The van der Waals surface area contributed by atoms with E-state index in [2.05, 4.69) is 54.2 Å². The smallest absolute Gasteiger partial charge is 0.0345 e. The Kier molecular flexibility index (Phi) is 3.67. The average Bonchev–Trinajstić information content (AvgIpc) is 3.04. The maximum absolute atomic E-state index is 6.07. The van der Waals surface area contributed by atoms with Crippen molar-refractivity contribution in [2.45, 2.75) is 42.5 Å². The van der Waals surface area contributed by atoms with E-state index in [1.165, 1.54) is 22.4 Å². The van der Waals surface area contributed by atoms with Crippen LogP contribution in [-0.2, 0) is 13.0 Å². The zero-order valence-corrected chi connectivity index (χ0v) is 12.1. The number of nitrogens with zero attached hydrogens (tertiary/aromatic N) is 1. The predicted octanol–water partition coefficient (Wildman–Crippen LogP) is 3.61. The second-order valence-corrected chi connectivity index (χ2v) is 6.55. The summed E-state index contributed by atoms with van der Waals surface area (Å²) in [6.07, 6.45) is 6.54. The molecule has 2 nitrogen and oxygen atoms in total. The molecular formula is C16H20N2S. The van der Waals surface area contributed by atoms with E-state index in [-0.39, 0.29) is 6.04 Å². The van der Waals surface area contributed by atoms with Crippen LogP contribution in [0.5, 0.6) is 0 Å². The molecule has 0 saturated heterocycles. The Hall–Kier alpha value is -1.19. The van der Waals surface area contributed by atoms with Gasteiger partial charge in [-0.05, 0) is 36.1 Å². The van der Waals surface area contributed by atoms with Crippen LogP contribution in [0.3, 0.4) is 0 Å². The number of benzene rings is 1. The molecule has 0 saturated carbocycles. The van der Waals surface area contributed by atoms with Crippen molar-refractivity contribution in [2.24, 2.45) is 5.73 Å². The number of thioether (sulfide) groups is 1. The molecule has 0 aliphatic carbocycles. The monoisotopic (exact) mass is 272 g/mol. The van der Waals surface area contributed by atoms with Crippen LogP contribution in [0.2, 0.25) is 0 Å².